The van der Waals surface area contributed by atoms with Gasteiger partial charge in [0.05, 0.1) is 5.02 Å². The normalized spacial score (nSPS) is 20.5. The molecule has 1 aliphatic heterocycles. The SMILES string of the molecule is CN1C(=O)N[C@@]2(CCc3c(C(=O)Nc4ccc(F)c(Cl)c4)ccc(F)c32)C1=O. The molecule has 1 atom stereocenters. The molecule has 144 valence electrons. The first-order chi connectivity index (χ1) is 13.2. The van der Waals surface area contributed by atoms with E-state index in [4.69, 9.17) is 11.6 Å². The minimum Gasteiger partial charge on any atom is -0.322 e. The van der Waals surface area contributed by atoms with Crippen molar-refractivity contribution in [1.29, 1.82) is 0 Å². The van der Waals surface area contributed by atoms with Crippen LogP contribution in [0.2, 0.25) is 5.02 Å². The van der Waals surface area contributed by atoms with Gasteiger partial charge in [-0.1, -0.05) is 11.6 Å². The first kappa shape index (κ1) is 18.4. The van der Waals surface area contributed by atoms with E-state index in [1.807, 2.05) is 0 Å². The number of nitrogens with one attached hydrogen (secondary N) is 2. The van der Waals surface area contributed by atoms with Gasteiger partial charge in [-0.3, -0.25) is 14.5 Å². The second-order valence-electron chi connectivity index (χ2n) is 6.73. The summed E-state index contributed by atoms with van der Waals surface area (Å²) >= 11 is 5.72. The van der Waals surface area contributed by atoms with Crippen LogP contribution in [0.25, 0.3) is 0 Å². The lowest BCUT2D eigenvalue weighted by Gasteiger charge is -2.22. The van der Waals surface area contributed by atoms with Gasteiger partial charge in [0.25, 0.3) is 11.8 Å². The minimum absolute atomic E-state index is 0.0139. The Morgan fingerprint density at radius 3 is 2.57 bits per heavy atom. The third-order valence-corrected chi connectivity index (χ3v) is 5.45. The van der Waals surface area contributed by atoms with Gasteiger partial charge < -0.3 is 10.6 Å². The average Bonchev–Trinajstić information content (AvgIpc) is 3.13. The number of hydrogen-bond acceptors (Lipinski definition) is 3. The van der Waals surface area contributed by atoms with Crippen LogP contribution in [0.5, 0.6) is 0 Å². The number of amides is 4. The molecule has 2 aliphatic rings. The molecule has 1 saturated heterocycles. The lowest BCUT2D eigenvalue weighted by Crippen LogP contribution is -2.42. The predicted molar refractivity (Wildman–Crippen MR) is 97.1 cm³/mol. The van der Waals surface area contributed by atoms with Gasteiger partial charge in [0.1, 0.15) is 17.2 Å². The second kappa shape index (κ2) is 6.27. The summed E-state index contributed by atoms with van der Waals surface area (Å²) in [5.41, 5.74) is -0.687. The molecule has 2 aromatic rings. The first-order valence-electron chi connectivity index (χ1n) is 8.43. The van der Waals surface area contributed by atoms with Crippen molar-refractivity contribution < 1.29 is 23.2 Å². The number of imide groups is 1. The van der Waals surface area contributed by atoms with E-state index in [-0.39, 0.29) is 34.7 Å². The van der Waals surface area contributed by atoms with Gasteiger partial charge in [0, 0.05) is 23.9 Å². The molecule has 6 nitrogen and oxygen atoms in total. The number of halogens is 3. The molecule has 1 fully saturated rings. The van der Waals surface area contributed by atoms with Crippen LogP contribution in [-0.2, 0) is 16.8 Å². The zero-order chi connectivity index (χ0) is 20.2. The molecule has 0 bridgehead atoms. The van der Waals surface area contributed by atoms with Crippen molar-refractivity contribution in [2.45, 2.75) is 18.4 Å². The summed E-state index contributed by atoms with van der Waals surface area (Å²) in [6.07, 6.45) is 0.390. The topological polar surface area (TPSA) is 78.5 Å². The lowest BCUT2D eigenvalue weighted by atomic mass is 9.90. The van der Waals surface area contributed by atoms with Gasteiger partial charge in [-0.2, -0.15) is 0 Å². The smallest absolute Gasteiger partial charge is 0.322 e. The number of anilines is 1. The summed E-state index contributed by atoms with van der Waals surface area (Å²) in [4.78, 5) is 38.2. The van der Waals surface area contributed by atoms with Crippen molar-refractivity contribution in [3.8, 4) is 0 Å². The molecule has 1 spiro atoms. The fourth-order valence-corrected chi connectivity index (χ4v) is 3.98. The summed E-state index contributed by atoms with van der Waals surface area (Å²) in [5, 5.41) is 5.00. The van der Waals surface area contributed by atoms with Crippen molar-refractivity contribution >= 4 is 35.1 Å². The van der Waals surface area contributed by atoms with Crippen LogP contribution in [0.3, 0.4) is 0 Å². The lowest BCUT2D eigenvalue weighted by molar-refractivity contribution is -0.130. The molecular weight excluding hydrogens is 392 g/mol. The van der Waals surface area contributed by atoms with Crippen molar-refractivity contribution in [3.05, 3.63) is 63.7 Å². The second-order valence-corrected chi connectivity index (χ2v) is 7.14. The van der Waals surface area contributed by atoms with E-state index in [1.165, 1.54) is 25.2 Å². The Morgan fingerprint density at radius 1 is 1.21 bits per heavy atom. The van der Waals surface area contributed by atoms with Gasteiger partial charge >= 0.3 is 6.03 Å². The molecule has 0 aromatic heterocycles. The maximum Gasteiger partial charge on any atom is 0.325 e. The number of fused-ring (bicyclic) bond motifs is 2. The Bertz CT molecular complexity index is 1060. The van der Waals surface area contributed by atoms with Gasteiger partial charge in [0.15, 0.2) is 0 Å². The van der Waals surface area contributed by atoms with Gasteiger partial charge in [-0.25, -0.2) is 13.6 Å². The van der Waals surface area contributed by atoms with Crippen molar-refractivity contribution in [2.75, 3.05) is 12.4 Å². The number of carbonyl (C=O) groups excluding carboxylic acids is 3. The van der Waals surface area contributed by atoms with Crippen LogP contribution >= 0.6 is 11.6 Å². The van der Waals surface area contributed by atoms with E-state index in [0.29, 0.717) is 5.56 Å². The molecule has 2 aromatic carbocycles. The average molecular weight is 406 g/mol. The summed E-state index contributed by atoms with van der Waals surface area (Å²) in [5.74, 6) is -2.40. The third kappa shape index (κ3) is 2.56. The Morgan fingerprint density at radius 2 is 1.93 bits per heavy atom. The number of nitrogens with zero attached hydrogens (tertiary/aromatic N) is 1. The highest BCUT2D eigenvalue weighted by Crippen LogP contribution is 2.43. The van der Waals surface area contributed by atoms with Gasteiger partial charge in [-0.05, 0) is 48.7 Å². The molecule has 1 heterocycles. The third-order valence-electron chi connectivity index (χ3n) is 5.16. The summed E-state index contributed by atoms with van der Waals surface area (Å²) < 4.78 is 28.0. The van der Waals surface area contributed by atoms with Crippen LogP contribution in [0.15, 0.2) is 30.3 Å². The predicted octanol–water partition coefficient (Wildman–Crippen LogP) is 3.19. The highest BCUT2D eigenvalue weighted by Gasteiger charge is 2.56. The van der Waals surface area contributed by atoms with Crippen LogP contribution in [0, 0.1) is 11.6 Å². The van der Waals surface area contributed by atoms with Crippen LogP contribution in [0.4, 0.5) is 19.3 Å². The summed E-state index contributed by atoms with van der Waals surface area (Å²) in [6, 6.07) is 5.52. The zero-order valence-electron chi connectivity index (χ0n) is 14.6. The Hall–Kier alpha value is -3.00. The number of urea groups is 1. The largest absolute Gasteiger partial charge is 0.325 e. The number of rotatable bonds is 2. The highest BCUT2D eigenvalue weighted by molar-refractivity contribution is 6.31. The van der Waals surface area contributed by atoms with E-state index in [2.05, 4.69) is 10.6 Å². The quantitative estimate of drug-likeness (QED) is 0.753. The molecule has 28 heavy (non-hydrogen) atoms. The molecule has 4 rings (SSSR count). The first-order valence-corrected chi connectivity index (χ1v) is 8.81. The standard InChI is InChI=1S/C19H14ClF2N3O3/c1-25-17(27)19(24-18(25)28)7-6-10-11(3-5-14(22)15(10)19)16(26)23-9-2-4-13(21)12(20)8-9/h2-5,8H,6-7H2,1H3,(H,23,26)(H,24,28)/t19-/m1/s1. The molecule has 1 aliphatic carbocycles. The molecule has 0 unspecified atom stereocenters. The maximum atomic E-state index is 14.7. The van der Waals surface area contributed by atoms with E-state index in [1.54, 1.807) is 0 Å². The summed E-state index contributed by atoms with van der Waals surface area (Å²) in [6.45, 7) is 0. The molecule has 4 amide bonds. The van der Waals surface area contributed by atoms with E-state index >= 15 is 0 Å². The van der Waals surface area contributed by atoms with Crippen LogP contribution in [-0.4, -0.2) is 29.8 Å². The van der Waals surface area contributed by atoms with Gasteiger partial charge in [-0.15, -0.1) is 0 Å². The monoisotopic (exact) mass is 405 g/mol. The van der Waals surface area contributed by atoms with E-state index in [0.717, 1.165) is 17.0 Å². The Labute approximate surface area is 163 Å². The molecule has 0 radical (unpaired) electrons. The molecule has 9 heteroatoms. The van der Waals surface area contributed by atoms with Gasteiger partial charge in [0.2, 0.25) is 0 Å². The molecular formula is C19H14ClF2N3O3. The zero-order valence-corrected chi connectivity index (χ0v) is 15.4. The highest BCUT2D eigenvalue weighted by atomic mass is 35.5. The molecule has 0 saturated carbocycles. The number of carbonyl (C=O) groups is 3. The van der Waals surface area contributed by atoms with Crippen molar-refractivity contribution in [3.63, 3.8) is 0 Å². The Kier molecular flexibility index (Phi) is 4.11. The van der Waals surface area contributed by atoms with Crippen molar-refractivity contribution in [2.24, 2.45) is 0 Å². The number of likely N-dealkylation sites (N-methyl/N-ethyl adjacent to an activating group) is 1. The fraction of sp³-hybridized carbons (Fsp3) is 0.211. The minimum atomic E-state index is -1.50. The van der Waals surface area contributed by atoms with Crippen molar-refractivity contribution in [1.82, 2.24) is 10.2 Å². The molecule has 2 N–H and O–H groups in total. The number of hydrogen-bond donors (Lipinski definition) is 2. The van der Waals surface area contributed by atoms with E-state index < -0.39 is 35.0 Å². The van der Waals surface area contributed by atoms with E-state index in [9.17, 15) is 23.2 Å². The van der Waals surface area contributed by atoms with Crippen LogP contribution < -0.4 is 10.6 Å². The number of benzene rings is 2. The fourth-order valence-electron chi connectivity index (χ4n) is 3.80. The van der Waals surface area contributed by atoms with Crippen LogP contribution in [0.1, 0.15) is 27.9 Å². The maximum absolute atomic E-state index is 14.7. The summed E-state index contributed by atoms with van der Waals surface area (Å²) in [7, 11) is 1.32. The Balaban J connectivity index is 1.74.